The van der Waals surface area contributed by atoms with Crippen LogP contribution in [0.5, 0.6) is 5.75 Å². The zero-order chi connectivity index (χ0) is 23.3. The number of amides is 1. The highest BCUT2D eigenvalue weighted by Crippen LogP contribution is 2.25. The lowest BCUT2D eigenvalue weighted by atomic mass is 10.0. The first kappa shape index (κ1) is 23.5. The Morgan fingerprint density at radius 2 is 1.69 bits per heavy atom. The number of nitrogens with zero attached hydrogens (tertiary/aromatic N) is 3. The highest BCUT2D eigenvalue weighted by atomic mass is 32.2. The maximum atomic E-state index is 12.3. The molecule has 3 aromatic rings. The molecule has 8 heteroatoms. The molecule has 0 aliphatic rings. The van der Waals surface area contributed by atoms with Gasteiger partial charge in [0.1, 0.15) is 5.75 Å². The number of nitrogens with one attached hydrogen (secondary N) is 1. The monoisotopic (exact) mass is 452 g/mol. The highest BCUT2D eigenvalue weighted by Gasteiger charge is 2.18. The van der Waals surface area contributed by atoms with Crippen molar-refractivity contribution in [1.29, 1.82) is 0 Å². The maximum Gasteiger partial charge on any atom is 0.234 e. The number of Topliss-reactive ketones (excluding diaryl/α,β-unsaturated/α-hetero) is 1. The number of ether oxygens (including phenoxy) is 1. The molecular weight excluding hydrogens is 424 g/mol. The molecule has 1 heterocycles. The van der Waals surface area contributed by atoms with E-state index < -0.39 is 0 Å². The Hall–Kier alpha value is -3.13. The van der Waals surface area contributed by atoms with E-state index in [-0.39, 0.29) is 23.5 Å². The van der Waals surface area contributed by atoms with Crippen LogP contribution < -0.4 is 10.1 Å². The molecular formula is C24H28N4O3S. The topological polar surface area (TPSA) is 86.1 Å². The zero-order valence-corrected chi connectivity index (χ0v) is 19.8. The predicted molar refractivity (Wildman–Crippen MR) is 126 cm³/mol. The molecule has 1 N–H and O–H groups in total. The van der Waals surface area contributed by atoms with Gasteiger partial charge in [-0.25, -0.2) is 0 Å². The Labute approximate surface area is 192 Å². The van der Waals surface area contributed by atoms with E-state index in [1.165, 1.54) is 24.2 Å². The molecule has 7 nitrogen and oxygen atoms in total. The molecule has 0 bridgehead atoms. The SMILES string of the molecule is CC(=O)c1ccc(NC(=O)CSc2nnc(C(C)Oc3ccc(C(C)C)cc3)n2C)cc1. The average molecular weight is 453 g/mol. The number of rotatable bonds is 9. The summed E-state index contributed by atoms with van der Waals surface area (Å²) in [5, 5.41) is 11.9. The summed E-state index contributed by atoms with van der Waals surface area (Å²) in [7, 11) is 1.86. The standard InChI is InChI=1S/C24H28N4O3S/c1-15(2)18-8-12-21(13-9-18)31-17(4)23-26-27-24(28(23)5)32-14-22(30)25-20-10-6-19(7-11-20)16(3)29/h6-13,15,17H,14H2,1-5H3,(H,25,30). The molecule has 3 rings (SSSR count). The lowest BCUT2D eigenvalue weighted by molar-refractivity contribution is -0.113. The van der Waals surface area contributed by atoms with Crippen LogP contribution in [0.3, 0.4) is 0 Å². The minimum absolute atomic E-state index is 0.0118. The van der Waals surface area contributed by atoms with Crippen LogP contribution >= 0.6 is 11.8 Å². The van der Waals surface area contributed by atoms with E-state index in [4.69, 9.17) is 4.74 Å². The Morgan fingerprint density at radius 1 is 1.03 bits per heavy atom. The summed E-state index contributed by atoms with van der Waals surface area (Å²) in [4.78, 5) is 23.6. The van der Waals surface area contributed by atoms with Gasteiger partial charge in [0.15, 0.2) is 22.9 Å². The predicted octanol–water partition coefficient (Wildman–Crippen LogP) is 5.01. The van der Waals surface area contributed by atoms with Gasteiger partial charge in [0.25, 0.3) is 0 Å². The Balaban J connectivity index is 1.55. The van der Waals surface area contributed by atoms with Crippen LogP contribution in [0.1, 0.15) is 61.5 Å². The van der Waals surface area contributed by atoms with E-state index in [0.717, 1.165) is 5.75 Å². The van der Waals surface area contributed by atoms with Gasteiger partial charge in [0.2, 0.25) is 5.91 Å². The Bertz CT molecular complexity index is 1080. The molecule has 1 amide bonds. The second-order valence-electron chi connectivity index (χ2n) is 7.85. The number of carbonyl (C=O) groups excluding carboxylic acids is 2. The summed E-state index contributed by atoms with van der Waals surface area (Å²) in [5.74, 6) is 1.94. The van der Waals surface area contributed by atoms with Crippen LogP contribution in [-0.4, -0.2) is 32.2 Å². The molecule has 0 aliphatic heterocycles. The third-order valence-corrected chi connectivity index (χ3v) is 6.02. The van der Waals surface area contributed by atoms with E-state index in [1.807, 2.05) is 30.7 Å². The highest BCUT2D eigenvalue weighted by molar-refractivity contribution is 7.99. The van der Waals surface area contributed by atoms with Crippen molar-refractivity contribution >= 4 is 29.1 Å². The summed E-state index contributed by atoms with van der Waals surface area (Å²) >= 11 is 1.30. The molecule has 0 aliphatic carbocycles. The van der Waals surface area contributed by atoms with Crippen molar-refractivity contribution in [2.45, 2.75) is 44.9 Å². The molecule has 0 fully saturated rings. The third kappa shape index (κ3) is 5.97. The van der Waals surface area contributed by atoms with Crippen molar-refractivity contribution in [1.82, 2.24) is 14.8 Å². The number of benzene rings is 2. The molecule has 32 heavy (non-hydrogen) atoms. The van der Waals surface area contributed by atoms with E-state index in [2.05, 4.69) is 41.5 Å². The smallest absolute Gasteiger partial charge is 0.234 e. The Kier molecular flexibility index (Phi) is 7.69. The van der Waals surface area contributed by atoms with Crippen LogP contribution in [0.25, 0.3) is 0 Å². The van der Waals surface area contributed by atoms with Gasteiger partial charge in [-0.05, 0) is 61.7 Å². The molecule has 1 aromatic heterocycles. The average Bonchev–Trinajstić information content (AvgIpc) is 3.13. The molecule has 0 saturated heterocycles. The Morgan fingerprint density at radius 3 is 2.28 bits per heavy atom. The van der Waals surface area contributed by atoms with Crippen LogP contribution in [0.15, 0.2) is 53.7 Å². The summed E-state index contributed by atoms with van der Waals surface area (Å²) in [6.45, 7) is 7.74. The van der Waals surface area contributed by atoms with Crippen molar-refractivity contribution in [3.05, 3.63) is 65.5 Å². The van der Waals surface area contributed by atoms with Crippen molar-refractivity contribution < 1.29 is 14.3 Å². The summed E-state index contributed by atoms with van der Waals surface area (Å²) in [5.41, 5.74) is 2.51. The van der Waals surface area contributed by atoms with Crippen LogP contribution in [0.4, 0.5) is 5.69 Å². The lowest BCUT2D eigenvalue weighted by Gasteiger charge is -2.15. The number of aromatic nitrogens is 3. The van der Waals surface area contributed by atoms with Gasteiger partial charge < -0.3 is 14.6 Å². The van der Waals surface area contributed by atoms with Crippen molar-refractivity contribution in [3.63, 3.8) is 0 Å². The molecule has 2 aromatic carbocycles. The quantitative estimate of drug-likeness (QED) is 0.363. The first-order valence-electron chi connectivity index (χ1n) is 10.4. The van der Waals surface area contributed by atoms with Gasteiger partial charge in [0, 0.05) is 18.3 Å². The van der Waals surface area contributed by atoms with Crippen molar-refractivity contribution in [2.75, 3.05) is 11.1 Å². The second-order valence-corrected chi connectivity index (χ2v) is 8.80. The summed E-state index contributed by atoms with van der Waals surface area (Å²) in [6.07, 6.45) is -0.291. The maximum absolute atomic E-state index is 12.3. The number of hydrogen-bond acceptors (Lipinski definition) is 6. The fraction of sp³-hybridized carbons (Fsp3) is 0.333. The first-order chi connectivity index (χ1) is 15.2. The lowest BCUT2D eigenvalue weighted by Crippen LogP contribution is -2.15. The molecule has 0 spiro atoms. The fourth-order valence-electron chi connectivity index (χ4n) is 3.11. The van der Waals surface area contributed by atoms with Gasteiger partial charge >= 0.3 is 0 Å². The number of ketones is 1. The second kappa shape index (κ2) is 10.5. The largest absolute Gasteiger partial charge is 0.483 e. The molecule has 0 radical (unpaired) electrons. The molecule has 1 unspecified atom stereocenters. The van der Waals surface area contributed by atoms with E-state index in [9.17, 15) is 9.59 Å². The minimum atomic E-state index is -0.291. The molecule has 0 saturated carbocycles. The summed E-state index contributed by atoms with van der Waals surface area (Å²) in [6, 6.07) is 14.9. The van der Waals surface area contributed by atoms with Gasteiger partial charge in [0.05, 0.1) is 5.75 Å². The van der Waals surface area contributed by atoms with Crippen LogP contribution in [0.2, 0.25) is 0 Å². The van der Waals surface area contributed by atoms with Crippen LogP contribution in [0, 0.1) is 0 Å². The number of hydrogen-bond donors (Lipinski definition) is 1. The molecule has 1 atom stereocenters. The number of anilines is 1. The molecule has 168 valence electrons. The zero-order valence-electron chi connectivity index (χ0n) is 19.0. The van der Waals surface area contributed by atoms with E-state index in [1.54, 1.807) is 24.3 Å². The van der Waals surface area contributed by atoms with Gasteiger partial charge in [-0.15, -0.1) is 10.2 Å². The van der Waals surface area contributed by atoms with Gasteiger partial charge in [-0.2, -0.15) is 0 Å². The van der Waals surface area contributed by atoms with Crippen molar-refractivity contribution in [2.24, 2.45) is 7.05 Å². The fourth-order valence-corrected chi connectivity index (χ4v) is 3.83. The van der Waals surface area contributed by atoms with E-state index >= 15 is 0 Å². The minimum Gasteiger partial charge on any atom is -0.483 e. The third-order valence-electron chi connectivity index (χ3n) is 5.00. The summed E-state index contributed by atoms with van der Waals surface area (Å²) < 4.78 is 7.86. The number of thioether (sulfide) groups is 1. The number of carbonyl (C=O) groups is 2. The van der Waals surface area contributed by atoms with Gasteiger partial charge in [-0.3, -0.25) is 9.59 Å². The first-order valence-corrected chi connectivity index (χ1v) is 11.4. The van der Waals surface area contributed by atoms with Crippen LogP contribution in [-0.2, 0) is 11.8 Å². The van der Waals surface area contributed by atoms with E-state index in [0.29, 0.717) is 28.1 Å². The van der Waals surface area contributed by atoms with Crippen molar-refractivity contribution in [3.8, 4) is 5.75 Å². The van der Waals surface area contributed by atoms with Gasteiger partial charge in [-0.1, -0.05) is 37.7 Å². The normalized spacial score (nSPS) is 11.9.